The quantitative estimate of drug-likeness (QED) is 0.0602. The van der Waals surface area contributed by atoms with Gasteiger partial charge in [-0.25, -0.2) is 0 Å². The van der Waals surface area contributed by atoms with E-state index in [-0.39, 0.29) is 30.4 Å². The summed E-state index contributed by atoms with van der Waals surface area (Å²) in [6.45, 7) is -0.302. The molecule has 2 aliphatic heterocycles. The van der Waals surface area contributed by atoms with Crippen molar-refractivity contribution in [2.75, 3.05) is 48.4 Å². The minimum Gasteiger partial charge on any atom is -0.493 e. The average molecular weight is 753 g/mol. The molecular weight excluding hydrogens is 716 g/mol. The average Bonchev–Trinajstić information content (AvgIpc) is 3.83. The van der Waals surface area contributed by atoms with Crippen molar-refractivity contribution in [2.45, 2.75) is 12.0 Å². The third kappa shape index (κ3) is 7.03. The van der Waals surface area contributed by atoms with Gasteiger partial charge in [0.1, 0.15) is 0 Å². The van der Waals surface area contributed by atoms with Crippen molar-refractivity contribution in [1.82, 2.24) is 5.32 Å². The smallest absolute Gasteiger partial charge is 0.310 e. The summed E-state index contributed by atoms with van der Waals surface area (Å²) in [6.07, 6.45) is 2.84. The Labute approximate surface area is 314 Å². The van der Waals surface area contributed by atoms with Gasteiger partial charge in [-0.15, -0.1) is 0 Å². The van der Waals surface area contributed by atoms with Gasteiger partial charge in [-0.1, -0.05) is 24.3 Å². The fourth-order valence-corrected chi connectivity index (χ4v) is 7.34. The number of allylic oxidation sites excluding steroid dienone is 1. The molecule has 0 bridgehead atoms. The molecule has 1 saturated heterocycles. The molecule has 0 unspecified atom stereocenters. The number of ketones is 1. The lowest BCUT2D eigenvalue weighted by Crippen LogP contribution is -2.44. The third-order valence-corrected chi connectivity index (χ3v) is 9.86. The summed E-state index contributed by atoms with van der Waals surface area (Å²) < 4.78 is 45.3. The number of non-ortho nitro benzene ring substituents is 1. The van der Waals surface area contributed by atoms with Crippen LogP contribution in [0.5, 0.6) is 40.2 Å². The van der Waals surface area contributed by atoms with Gasteiger partial charge in [0.25, 0.3) is 11.6 Å². The van der Waals surface area contributed by atoms with Crippen LogP contribution in [0.25, 0.3) is 6.08 Å². The zero-order valence-electron chi connectivity index (χ0n) is 30.2. The Morgan fingerprint density at radius 2 is 1.56 bits per heavy atom. The molecule has 15 nitrogen and oxygen atoms in total. The summed E-state index contributed by atoms with van der Waals surface area (Å²) in [5.74, 6) is -0.137. The first-order valence-corrected chi connectivity index (χ1v) is 17.1. The van der Waals surface area contributed by atoms with E-state index in [1.54, 1.807) is 36.4 Å². The lowest BCUT2D eigenvalue weighted by molar-refractivity contribution is -0.384. The number of carbonyl (C=O) groups excluding carboxylic acids is 3. The van der Waals surface area contributed by atoms with Crippen LogP contribution in [0.2, 0.25) is 0 Å². The van der Waals surface area contributed by atoms with E-state index in [1.165, 1.54) is 58.8 Å². The number of ether oxygens (including phenoxy) is 8. The van der Waals surface area contributed by atoms with E-state index in [0.717, 1.165) is 16.7 Å². The van der Waals surface area contributed by atoms with E-state index < -0.39 is 53.0 Å². The summed E-state index contributed by atoms with van der Waals surface area (Å²) in [7, 11) is 5.98. The molecule has 15 heteroatoms. The summed E-state index contributed by atoms with van der Waals surface area (Å²) in [6, 6.07) is 17.0. The molecule has 4 atom stereocenters. The van der Waals surface area contributed by atoms with Gasteiger partial charge >= 0.3 is 5.97 Å². The number of nitrogens with one attached hydrogen (secondary N) is 1. The van der Waals surface area contributed by atoms with Crippen LogP contribution >= 0.6 is 0 Å². The highest BCUT2D eigenvalue weighted by molar-refractivity contribution is 6.07. The van der Waals surface area contributed by atoms with Crippen molar-refractivity contribution in [3.8, 4) is 40.2 Å². The molecule has 7 rings (SSSR count). The van der Waals surface area contributed by atoms with Gasteiger partial charge in [-0.3, -0.25) is 24.5 Å². The number of benzene rings is 4. The fraction of sp³-hybridized carbons (Fsp3) is 0.275. The Balaban J connectivity index is 1.13. The predicted molar refractivity (Wildman–Crippen MR) is 194 cm³/mol. The highest BCUT2D eigenvalue weighted by atomic mass is 16.7. The first-order chi connectivity index (χ1) is 26.6. The number of hydrogen-bond acceptors (Lipinski definition) is 13. The molecule has 0 aromatic heterocycles. The van der Waals surface area contributed by atoms with E-state index >= 15 is 0 Å². The van der Waals surface area contributed by atoms with Crippen molar-refractivity contribution < 1.29 is 57.2 Å². The zero-order valence-corrected chi connectivity index (χ0v) is 30.2. The van der Waals surface area contributed by atoms with Crippen molar-refractivity contribution in [1.29, 1.82) is 0 Å². The number of amides is 1. The molecule has 1 fully saturated rings. The van der Waals surface area contributed by atoms with Crippen LogP contribution in [0.3, 0.4) is 0 Å². The second kappa shape index (κ2) is 15.3. The maximum absolute atomic E-state index is 13.6. The molecule has 0 spiro atoms. The molecule has 4 aromatic carbocycles. The monoisotopic (exact) mass is 752 g/mol. The largest absolute Gasteiger partial charge is 0.493 e. The van der Waals surface area contributed by atoms with Gasteiger partial charge < -0.3 is 43.2 Å². The Morgan fingerprint density at radius 1 is 0.855 bits per heavy atom. The van der Waals surface area contributed by atoms with Gasteiger partial charge in [0.05, 0.1) is 51.9 Å². The second-order valence-corrected chi connectivity index (χ2v) is 12.8. The van der Waals surface area contributed by atoms with Gasteiger partial charge in [-0.05, 0) is 64.7 Å². The molecule has 2 heterocycles. The minimum atomic E-state index is -0.688. The molecule has 1 aliphatic carbocycles. The summed E-state index contributed by atoms with van der Waals surface area (Å²) >= 11 is 0. The maximum Gasteiger partial charge on any atom is 0.310 e. The topological polar surface area (TPSA) is 180 Å². The first kappa shape index (κ1) is 36.6. The summed E-state index contributed by atoms with van der Waals surface area (Å²) in [5, 5.41) is 14.2. The highest BCUT2D eigenvalue weighted by Gasteiger charge is 2.53. The number of carbonyl (C=O) groups is 3. The van der Waals surface area contributed by atoms with Crippen LogP contribution in [-0.4, -0.2) is 71.0 Å². The summed E-state index contributed by atoms with van der Waals surface area (Å²) in [5.41, 5.74) is 2.75. The Morgan fingerprint density at radius 3 is 2.24 bits per heavy atom. The van der Waals surface area contributed by atoms with E-state index in [2.05, 4.69) is 5.32 Å². The standard InChI is InChI=1S/C40H36N2O13/c1-48-30-12-21(8-10-28(43)22-6-5-7-24(13-22)42(46)47)9-11-29(30)52-19-35(44)41-38-26-17-32-31(54-20-55-32)16-25(26)36(37-27(38)18-53-40(37)45)23-14-33(49-2)39(51-4)34(15-23)50-3/h5-17,27,36-38H,18-20H2,1-4H3,(H,41,44)/b10-8+/t27-,36+,37-,38+/m0/s1. The SMILES string of the molecule is COc1cc(/C=C/C(=O)c2cccc([N+](=O)[O-])c2)ccc1OCC(=O)N[C@@H]1c2cc3c(cc2[C@@H](c2cc(OC)c(OC)c(OC)c2)[C@H]2C(=O)OC[C@@H]21)OCO3. The van der Waals surface area contributed by atoms with Crippen LogP contribution in [0.1, 0.15) is 44.6 Å². The van der Waals surface area contributed by atoms with Gasteiger partial charge in [0.15, 0.2) is 46.9 Å². The number of fused-ring (bicyclic) bond motifs is 3. The second-order valence-electron chi connectivity index (χ2n) is 12.8. The molecule has 0 saturated carbocycles. The lowest BCUT2D eigenvalue weighted by Gasteiger charge is -2.39. The number of methoxy groups -OCH3 is 4. The number of nitro groups is 1. The van der Waals surface area contributed by atoms with Crippen molar-refractivity contribution in [2.24, 2.45) is 11.8 Å². The summed E-state index contributed by atoms with van der Waals surface area (Å²) in [4.78, 5) is 50.4. The van der Waals surface area contributed by atoms with E-state index in [9.17, 15) is 24.5 Å². The normalized spacial score (nSPS) is 19.2. The van der Waals surface area contributed by atoms with Gasteiger partial charge in [0.2, 0.25) is 12.5 Å². The fourth-order valence-electron chi connectivity index (χ4n) is 7.34. The molecule has 4 aromatic rings. The zero-order chi connectivity index (χ0) is 38.8. The van der Waals surface area contributed by atoms with Crippen molar-refractivity contribution >= 4 is 29.4 Å². The van der Waals surface area contributed by atoms with E-state index in [1.807, 2.05) is 12.1 Å². The molecule has 284 valence electrons. The molecular formula is C40H36N2O13. The number of hydrogen-bond donors (Lipinski definition) is 1. The molecule has 1 amide bonds. The Hall–Kier alpha value is -6.77. The van der Waals surface area contributed by atoms with E-state index in [4.69, 9.17) is 37.9 Å². The van der Waals surface area contributed by atoms with Crippen LogP contribution in [0.15, 0.2) is 72.8 Å². The molecule has 55 heavy (non-hydrogen) atoms. The Kier molecular flexibility index (Phi) is 10.2. The number of nitro benzene ring substituents is 1. The van der Waals surface area contributed by atoms with Gasteiger partial charge in [-0.2, -0.15) is 0 Å². The first-order valence-electron chi connectivity index (χ1n) is 17.1. The van der Waals surface area contributed by atoms with Crippen LogP contribution in [0.4, 0.5) is 5.69 Å². The maximum atomic E-state index is 13.6. The van der Waals surface area contributed by atoms with Crippen LogP contribution < -0.4 is 38.5 Å². The molecule has 3 aliphatic rings. The third-order valence-electron chi connectivity index (χ3n) is 9.86. The highest BCUT2D eigenvalue weighted by Crippen LogP contribution is 2.55. The molecule has 1 N–H and O–H groups in total. The van der Waals surface area contributed by atoms with Crippen molar-refractivity contribution in [3.63, 3.8) is 0 Å². The minimum absolute atomic E-state index is 0.0252. The number of esters is 1. The number of rotatable bonds is 13. The Bertz CT molecular complexity index is 2190. The van der Waals surface area contributed by atoms with E-state index in [0.29, 0.717) is 40.1 Å². The predicted octanol–water partition coefficient (Wildman–Crippen LogP) is 5.43. The van der Waals surface area contributed by atoms with Crippen LogP contribution in [-0.2, 0) is 14.3 Å². The molecule has 0 radical (unpaired) electrons. The van der Waals surface area contributed by atoms with Crippen LogP contribution in [0, 0.1) is 22.0 Å². The number of cyclic esters (lactones) is 1. The van der Waals surface area contributed by atoms with Crippen molar-refractivity contribution in [3.05, 3.63) is 111 Å². The van der Waals surface area contributed by atoms with Gasteiger partial charge in [0, 0.05) is 29.5 Å². The lowest BCUT2D eigenvalue weighted by atomic mass is 9.65. The number of nitrogens with zero attached hydrogens (tertiary/aromatic N) is 1.